The number of nitrogens with two attached hydrogens (primary N) is 1. The van der Waals surface area contributed by atoms with Crippen LogP contribution in [-0.4, -0.2) is 23.0 Å². The van der Waals surface area contributed by atoms with E-state index in [4.69, 9.17) is 15.2 Å². The zero-order valence-corrected chi connectivity index (χ0v) is 9.66. The zero-order valence-electron chi connectivity index (χ0n) is 9.66. The van der Waals surface area contributed by atoms with Crippen LogP contribution in [0.1, 0.15) is 10.5 Å². The summed E-state index contributed by atoms with van der Waals surface area (Å²) in [5, 5.41) is 0. The summed E-state index contributed by atoms with van der Waals surface area (Å²) < 4.78 is 10.1. The van der Waals surface area contributed by atoms with Crippen molar-refractivity contribution in [1.29, 1.82) is 0 Å². The molecule has 1 heterocycles. The summed E-state index contributed by atoms with van der Waals surface area (Å²) in [6.45, 7) is 0. The molecule has 92 valence electrons. The van der Waals surface area contributed by atoms with Crippen LogP contribution in [0.5, 0.6) is 11.5 Å². The minimum atomic E-state index is -0.622. The first-order valence-electron chi connectivity index (χ1n) is 5.13. The van der Waals surface area contributed by atoms with Gasteiger partial charge in [0.05, 0.1) is 19.5 Å². The van der Waals surface area contributed by atoms with Crippen molar-refractivity contribution in [3.63, 3.8) is 0 Å². The third-order valence-corrected chi connectivity index (χ3v) is 2.11. The van der Waals surface area contributed by atoms with Crippen LogP contribution in [0.2, 0.25) is 0 Å². The summed E-state index contributed by atoms with van der Waals surface area (Å²) in [5.41, 5.74) is 5.49. The van der Waals surface area contributed by atoms with Gasteiger partial charge in [0.2, 0.25) is 0 Å². The van der Waals surface area contributed by atoms with Crippen molar-refractivity contribution in [1.82, 2.24) is 9.97 Å². The normalized spacial score (nSPS) is 9.83. The van der Waals surface area contributed by atoms with Gasteiger partial charge in [-0.25, -0.2) is 9.78 Å². The smallest absolute Gasteiger partial charge is 0.364 e. The Labute approximate surface area is 103 Å². The molecule has 0 amide bonds. The molecule has 6 heteroatoms. The summed E-state index contributed by atoms with van der Waals surface area (Å²) in [6.07, 6.45) is 2.64. The van der Waals surface area contributed by atoms with Crippen LogP contribution < -0.4 is 15.2 Å². The molecule has 1 aromatic carbocycles. The van der Waals surface area contributed by atoms with Crippen molar-refractivity contribution < 1.29 is 14.3 Å². The van der Waals surface area contributed by atoms with Crippen molar-refractivity contribution in [3.8, 4) is 11.5 Å². The predicted octanol–water partition coefficient (Wildman–Crippen LogP) is 1.29. The lowest BCUT2D eigenvalue weighted by molar-refractivity contribution is 0.0728. The number of nitrogens with zero attached hydrogens (tertiary/aromatic N) is 2. The number of anilines is 1. The molecule has 0 bridgehead atoms. The van der Waals surface area contributed by atoms with E-state index in [0.717, 1.165) is 0 Å². The van der Waals surface area contributed by atoms with Gasteiger partial charge in [0.25, 0.3) is 0 Å². The van der Waals surface area contributed by atoms with Gasteiger partial charge in [-0.3, -0.25) is 4.98 Å². The summed E-state index contributed by atoms with van der Waals surface area (Å²) in [6, 6.07) is 6.70. The van der Waals surface area contributed by atoms with Crippen LogP contribution in [0, 0.1) is 0 Å². The number of nitrogen functional groups attached to an aromatic ring is 1. The number of hydrogen-bond donors (Lipinski definition) is 1. The number of carbonyl (C=O) groups excluding carboxylic acids is 1. The maximum Gasteiger partial charge on any atom is 0.364 e. The van der Waals surface area contributed by atoms with Gasteiger partial charge < -0.3 is 15.2 Å². The van der Waals surface area contributed by atoms with Crippen molar-refractivity contribution in [2.45, 2.75) is 0 Å². The Morgan fingerprint density at radius 3 is 2.78 bits per heavy atom. The monoisotopic (exact) mass is 245 g/mol. The number of esters is 1. The quantitative estimate of drug-likeness (QED) is 0.647. The molecular formula is C12H11N3O3. The number of ether oxygens (including phenoxy) is 2. The van der Waals surface area contributed by atoms with E-state index in [1.807, 2.05) is 0 Å². The fraction of sp³-hybridized carbons (Fsp3) is 0.0833. The maximum absolute atomic E-state index is 11.7. The highest BCUT2D eigenvalue weighted by Crippen LogP contribution is 2.19. The van der Waals surface area contributed by atoms with Crippen molar-refractivity contribution >= 4 is 11.8 Å². The Balaban J connectivity index is 2.16. The molecule has 18 heavy (non-hydrogen) atoms. The summed E-state index contributed by atoms with van der Waals surface area (Å²) in [4.78, 5) is 19.3. The second kappa shape index (κ2) is 5.13. The van der Waals surface area contributed by atoms with E-state index in [-0.39, 0.29) is 11.5 Å². The van der Waals surface area contributed by atoms with Crippen LogP contribution in [-0.2, 0) is 0 Å². The maximum atomic E-state index is 11.7. The van der Waals surface area contributed by atoms with Gasteiger partial charge in [-0.2, -0.15) is 0 Å². The SMILES string of the molecule is COc1cccc(OC(=O)c2cncc(N)n2)c1. The molecule has 0 fully saturated rings. The first kappa shape index (κ1) is 11.8. The fourth-order valence-electron chi connectivity index (χ4n) is 1.30. The highest BCUT2D eigenvalue weighted by Gasteiger charge is 2.11. The van der Waals surface area contributed by atoms with Crippen LogP contribution in [0.4, 0.5) is 5.82 Å². The lowest BCUT2D eigenvalue weighted by Crippen LogP contribution is -2.12. The summed E-state index contributed by atoms with van der Waals surface area (Å²) in [5.74, 6) is 0.501. The minimum Gasteiger partial charge on any atom is -0.497 e. The van der Waals surface area contributed by atoms with Gasteiger partial charge in [-0.05, 0) is 12.1 Å². The standard InChI is InChI=1S/C12H11N3O3/c1-17-8-3-2-4-9(5-8)18-12(16)10-6-14-7-11(13)15-10/h2-7H,1H3,(H2,13,15). The summed E-state index contributed by atoms with van der Waals surface area (Å²) >= 11 is 0. The Bertz CT molecular complexity index is 572. The van der Waals surface area contributed by atoms with E-state index in [1.54, 1.807) is 24.3 Å². The van der Waals surface area contributed by atoms with E-state index in [9.17, 15) is 4.79 Å². The first-order valence-corrected chi connectivity index (χ1v) is 5.13. The van der Waals surface area contributed by atoms with E-state index in [0.29, 0.717) is 11.5 Å². The molecule has 0 aliphatic heterocycles. The van der Waals surface area contributed by atoms with Crippen LogP contribution >= 0.6 is 0 Å². The molecule has 2 rings (SSSR count). The Hall–Kier alpha value is -2.63. The van der Waals surface area contributed by atoms with Crippen molar-refractivity contribution in [2.24, 2.45) is 0 Å². The Morgan fingerprint density at radius 2 is 2.06 bits per heavy atom. The average molecular weight is 245 g/mol. The molecule has 0 aliphatic carbocycles. The molecule has 0 atom stereocenters. The molecule has 0 spiro atoms. The number of methoxy groups -OCH3 is 1. The molecule has 2 aromatic rings. The van der Waals surface area contributed by atoms with Gasteiger partial charge in [-0.15, -0.1) is 0 Å². The van der Waals surface area contributed by atoms with Crippen LogP contribution in [0.15, 0.2) is 36.7 Å². The zero-order chi connectivity index (χ0) is 13.0. The largest absolute Gasteiger partial charge is 0.497 e. The number of rotatable bonds is 3. The van der Waals surface area contributed by atoms with Gasteiger partial charge in [0, 0.05) is 6.07 Å². The predicted molar refractivity (Wildman–Crippen MR) is 64.4 cm³/mol. The first-order chi connectivity index (χ1) is 8.69. The fourth-order valence-corrected chi connectivity index (χ4v) is 1.30. The number of aromatic nitrogens is 2. The van der Waals surface area contributed by atoms with Gasteiger partial charge in [0.15, 0.2) is 5.69 Å². The third kappa shape index (κ3) is 2.73. The molecule has 0 unspecified atom stereocenters. The second-order valence-electron chi connectivity index (χ2n) is 3.40. The molecule has 0 aliphatic rings. The topological polar surface area (TPSA) is 87.3 Å². The molecule has 0 radical (unpaired) electrons. The van der Waals surface area contributed by atoms with E-state index in [2.05, 4.69) is 9.97 Å². The highest BCUT2D eigenvalue weighted by atomic mass is 16.5. The van der Waals surface area contributed by atoms with Gasteiger partial charge >= 0.3 is 5.97 Å². The summed E-state index contributed by atoms with van der Waals surface area (Å²) in [7, 11) is 1.53. The number of carbonyl (C=O) groups is 1. The van der Waals surface area contributed by atoms with E-state index >= 15 is 0 Å². The Kier molecular flexibility index (Phi) is 3.38. The van der Waals surface area contributed by atoms with Crippen molar-refractivity contribution in [2.75, 3.05) is 12.8 Å². The molecule has 6 nitrogen and oxygen atoms in total. The third-order valence-electron chi connectivity index (χ3n) is 2.11. The van der Waals surface area contributed by atoms with Crippen LogP contribution in [0.3, 0.4) is 0 Å². The molecule has 2 N–H and O–H groups in total. The van der Waals surface area contributed by atoms with Gasteiger partial charge in [0.1, 0.15) is 17.3 Å². The minimum absolute atomic E-state index is 0.0535. The highest BCUT2D eigenvalue weighted by molar-refractivity contribution is 5.89. The van der Waals surface area contributed by atoms with E-state index in [1.165, 1.54) is 19.5 Å². The lowest BCUT2D eigenvalue weighted by Gasteiger charge is -2.05. The average Bonchev–Trinajstić information content (AvgIpc) is 2.39. The van der Waals surface area contributed by atoms with Crippen LogP contribution in [0.25, 0.3) is 0 Å². The Morgan fingerprint density at radius 1 is 1.28 bits per heavy atom. The molecule has 0 saturated carbocycles. The molecular weight excluding hydrogens is 234 g/mol. The number of hydrogen-bond acceptors (Lipinski definition) is 6. The van der Waals surface area contributed by atoms with E-state index < -0.39 is 5.97 Å². The molecule has 0 saturated heterocycles. The molecule has 1 aromatic heterocycles. The van der Waals surface area contributed by atoms with Gasteiger partial charge in [-0.1, -0.05) is 6.07 Å². The lowest BCUT2D eigenvalue weighted by atomic mass is 10.3. The second-order valence-corrected chi connectivity index (χ2v) is 3.40. The van der Waals surface area contributed by atoms with Crippen molar-refractivity contribution in [3.05, 3.63) is 42.4 Å². The number of benzene rings is 1.